The number of benzene rings is 1. The molecule has 100 valence electrons. The molecule has 2 N–H and O–H groups in total. The van der Waals surface area contributed by atoms with E-state index in [1.54, 1.807) is 20.9 Å². The van der Waals surface area contributed by atoms with Crippen LogP contribution in [0.15, 0.2) is 18.2 Å². The van der Waals surface area contributed by atoms with Gasteiger partial charge in [0, 0.05) is 31.1 Å². The van der Waals surface area contributed by atoms with E-state index in [4.69, 9.17) is 5.73 Å². The normalized spacial score (nSPS) is 11.4. The van der Waals surface area contributed by atoms with Crippen LogP contribution in [0.25, 0.3) is 0 Å². The molecule has 0 saturated carbocycles. The second-order valence-electron chi connectivity index (χ2n) is 5.15. The van der Waals surface area contributed by atoms with Crippen molar-refractivity contribution in [2.24, 2.45) is 5.73 Å². The summed E-state index contributed by atoms with van der Waals surface area (Å²) >= 11 is 0. The van der Waals surface area contributed by atoms with Crippen LogP contribution < -0.4 is 5.73 Å². The Kier molecular flexibility index (Phi) is 4.40. The fraction of sp³-hybridized carbons (Fsp3) is 0.462. The Morgan fingerprint density at radius 2 is 2.00 bits per heavy atom. The molecule has 5 heteroatoms. The summed E-state index contributed by atoms with van der Waals surface area (Å²) in [6.45, 7) is 3.50. The summed E-state index contributed by atoms with van der Waals surface area (Å²) in [7, 11) is 1.54. The largest absolute Gasteiger partial charge is 0.341 e. The lowest BCUT2D eigenvalue weighted by atomic mass is 10.0. The first kappa shape index (κ1) is 14.6. The molecule has 0 heterocycles. The number of carbonyl (C=O) groups is 1. The minimum absolute atomic E-state index is 0.0263. The highest BCUT2D eigenvalue weighted by Crippen LogP contribution is 2.13. The number of amides is 1. The lowest BCUT2D eigenvalue weighted by molar-refractivity contribution is -0.131. The highest BCUT2D eigenvalue weighted by Gasteiger charge is 2.20. The number of nitrogens with zero attached hydrogens (tertiary/aromatic N) is 1. The zero-order valence-corrected chi connectivity index (χ0v) is 10.8. The third kappa shape index (κ3) is 4.41. The number of nitrogens with two attached hydrogens (primary N) is 1. The zero-order valence-electron chi connectivity index (χ0n) is 10.8. The Balaban J connectivity index is 2.72. The Morgan fingerprint density at radius 3 is 2.56 bits per heavy atom. The Bertz CT molecular complexity index is 441. The first-order valence-corrected chi connectivity index (χ1v) is 5.66. The summed E-state index contributed by atoms with van der Waals surface area (Å²) < 4.78 is 26.4. The minimum Gasteiger partial charge on any atom is -0.341 e. The van der Waals surface area contributed by atoms with Crippen LogP contribution in [-0.4, -0.2) is 23.4 Å². The van der Waals surface area contributed by atoms with Crippen molar-refractivity contribution in [1.29, 1.82) is 0 Å². The fourth-order valence-electron chi connectivity index (χ4n) is 1.53. The number of hydrogen-bond donors (Lipinski definition) is 1. The van der Waals surface area contributed by atoms with Crippen molar-refractivity contribution in [3.8, 4) is 0 Å². The molecule has 0 fully saturated rings. The van der Waals surface area contributed by atoms with Gasteiger partial charge in [0.1, 0.15) is 11.6 Å². The maximum absolute atomic E-state index is 13.4. The summed E-state index contributed by atoms with van der Waals surface area (Å²) in [5, 5.41) is 0. The summed E-state index contributed by atoms with van der Waals surface area (Å²) in [4.78, 5) is 13.1. The van der Waals surface area contributed by atoms with Crippen molar-refractivity contribution in [1.82, 2.24) is 4.90 Å². The van der Waals surface area contributed by atoms with Gasteiger partial charge in [0.15, 0.2) is 0 Å². The summed E-state index contributed by atoms with van der Waals surface area (Å²) in [6.07, 6.45) is 0.153. The molecule has 18 heavy (non-hydrogen) atoms. The first-order valence-electron chi connectivity index (χ1n) is 5.66. The predicted octanol–water partition coefficient (Wildman–Crippen LogP) is 2.05. The predicted molar refractivity (Wildman–Crippen MR) is 65.7 cm³/mol. The standard InChI is InChI=1S/C13H18F2N2O/c1-13(2,16)7-12(18)17(3)8-9-6-10(14)4-5-11(9)15/h4-6H,7-8,16H2,1-3H3. The van der Waals surface area contributed by atoms with Crippen molar-refractivity contribution >= 4 is 5.91 Å². The maximum Gasteiger partial charge on any atom is 0.224 e. The van der Waals surface area contributed by atoms with Gasteiger partial charge in [0.05, 0.1) is 0 Å². The van der Waals surface area contributed by atoms with Gasteiger partial charge in [-0.3, -0.25) is 4.79 Å². The van der Waals surface area contributed by atoms with Crippen LogP contribution in [0.5, 0.6) is 0 Å². The Hall–Kier alpha value is -1.49. The van der Waals surface area contributed by atoms with Crippen molar-refractivity contribution in [3.63, 3.8) is 0 Å². The molecule has 1 aromatic carbocycles. The number of rotatable bonds is 4. The summed E-state index contributed by atoms with van der Waals surface area (Å²) in [6, 6.07) is 3.19. The molecule has 0 spiro atoms. The second-order valence-corrected chi connectivity index (χ2v) is 5.15. The summed E-state index contributed by atoms with van der Waals surface area (Å²) in [5.74, 6) is -1.25. The van der Waals surface area contributed by atoms with Crippen LogP contribution >= 0.6 is 0 Å². The number of carbonyl (C=O) groups excluding carboxylic acids is 1. The van der Waals surface area contributed by atoms with Crippen molar-refractivity contribution in [2.75, 3.05) is 7.05 Å². The van der Waals surface area contributed by atoms with Crippen LogP contribution in [-0.2, 0) is 11.3 Å². The van der Waals surface area contributed by atoms with Crippen LogP contribution in [0, 0.1) is 11.6 Å². The fourth-order valence-corrected chi connectivity index (χ4v) is 1.53. The van der Waals surface area contributed by atoms with Gasteiger partial charge in [0.25, 0.3) is 0 Å². The van der Waals surface area contributed by atoms with Crippen LogP contribution in [0.4, 0.5) is 8.78 Å². The van der Waals surface area contributed by atoms with E-state index < -0.39 is 17.2 Å². The number of halogens is 2. The van der Waals surface area contributed by atoms with Gasteiger partial charge in [-0.1, -0.05) is 0 Å². The van der Waals surface area contributed by atoms with Crippen LogP contribution in [0.3, 0.4) is 0 Å². The highest BCUT2D eigenvalue weighted by molar-refractivity contribution is 5.77. The van der Waals surface area contributed by atoms with Gasteiger partial charge in [0.2, 0.25) is 5.91 Å². The topological polar surface area (TPSA) is 46.3 Å². The molecular formula is C13H18F2N2O. The first-order chi connectivity index (χ1) is 8.19. The third-order valence-electron chi connectivity index (χ3n) is 2.45. The molecule has 0 radical (unpaired) electrons. The molecule has 0 aromatic heterocycles. The molecular weight excluding hydrogens is 238 g/mol. The lowest BCUT2D eigenvalue weighted by Crippen LogP contribution is -2.39. The van der Waals surface area contributed by atoms with Gasteiger partial charge in [-0.15, -0.1) is 0 Å². The van der Waals surface area contributed by atoms with E-state index >= 15 is 0 Å². The minimum atomic E-state index is -0.619. The van der Waals surface area contributed by atoms with Crippen LogP contribution in [0.2, 0.25) is 0 Å². The maximum atomic E-state index is 13.4. The van der Waals surface area contributed by atoms with E-state index in [1.165, 1.54) is 4.90 Å². The van der Waals surface area contributed by atoms with E-state index in [1.807, 2.05) is 0 Å². The molecule has 1 amide bonds. The average molecular weight is 256 g/mol. The summed E-state index contributed by atoms with van der Waals surface area (Å²) in [5.41, 5.74) is 5.27. The van der Waals surface area contributed by atoms with Gasteiger partial charge in [-0.25, -0.2) is 8.78 Å². The molecule has 0 unspecified atom stereocenters. The third-order valence-corrected chi connectivity index (χ3v) is 2.45. The monoisotopic (exact) mass is 256 g/mol. The van der Waals surface area contributed by atoms with Gasteiger partial charge < -0.3 is 10.6 Å². The molecule has 0 bridgehead atoms. The molecule has 0 aliphatic heterocycles. The van der Waals surface area contributed by atoms with Crippen molar-refractivity contribution in [3.05, 3.63) is 35.4 Å². The van der Waals surface area contributed by atoms with Gasteiger partial charge in [-0.05, 0) is 32.0 Å². The molecule has 0 aliphatic carbocycles. The molecule has 3 nitrogen and oxygen atoms in total. The van der Waals surface area contributed by atoms with Crippen LogP contribution in [0.1, 0.15) is 25.8 Å². The van der Waals surface area contributed by atoms with Gasteiger partial charge in [-0.2, -0.15) is 0 Å². The molecule has 0 atom stereocenters. The molecule has 0 saturated heterocycles. The quantitative estimate of drug-likeness (QED) is 0.896. The lowest BCUT2D eigenvalue weighted by Gasteiger charge is -2.23. The Labute approximate surface area is 106 Å². The molecule has 1 aromatic rings. The van der Waals surface area contributed by atoms with E-state index in [-0.39, 0.29) is 24.4 Å². The van der Waals surface area contributed by atoms with Crippen molar-refractivity contribution in [2.45, 2.75) is 32.4 Å². The molecule has 0 aliphatic rings. The van der Waals surface area contributed by atoms with E-state index in [0.29, 0.717) is 0 Å². The smallest absolute Gasteiger partial charge is 0.224 e. The average Bonchev–Trinajstić information content (AvgIpc) is 2.21. The highest BCUT2D eigenvalue weighted by atomic mass is 19.1. The van der Waals surface area contributed by atoms with E-state index in [9.17, 15) is 13.6 Å². The molecule has 1 rings (SSSR count). The van der Waals surface area contributed by atoms with E-state index in [2.05, 4.69) is 0 Å². The zero-order chi connectivity index (χ0) is 13.9. The van der Waals surface area contributed by atoms with Gasteiger partial charge >= 0.3 is 0 Å². The Morgan fingerprint density at radius 1 is 1.39 bits per heavy atom. The van der Waals surface area contributed by atoms with E-state index in [0.717, 1.165) is 18.2 Å². The SMILES string of the molecule is CN(Cc1cc(F)ccc1F)C(=O)CC(C)(C)N. The van der Waals surface area contributed by atoms with Crippen molar-refractivity contribution < 1.29 is 13.6 Å². The number of hydrogen-bond acceptors (Lipinski definition) is 2. The second kappa shape index (κ2) is 5.44.